The number of benzene rings is 2. The Bertz CT molecular complexity index is 957. The molecule has 0 unspecified atom stereocenters. The average Bonchev–Trinajstić information content (AvgIpc) is 2.67. The van der Waals surface area contributed by atoms with Crippen molar-refractivity contribution in [3.63, 3.8) is 0 Å². The summed E-state index contributed by atoms with van der Waals surface area (Å²) in [4.78, 5) is 6.26. The minimum absolute atomic E-state index is 0.189. The Morgan fingerprint density at radius 2 is 1.90 bits per heavy atom. The second-order valence-electron chi connectivity index (χ2n) is 7.91. The third kappa shape index (κ3) is 6.28. The van der Waals surface area contributed by atoms with Crippen molar-refractivity contribution in [1.82, 2.24) is 0 Å². The first-order valence-corrected chi connectivity index (χ1v) is 11.6. The lowest BCUT2D eigenvalue weighted by Crippen LogP contribution is -2.24. The van der Waals surface area contributed by atoms with Crippen LogP contribution in [0.3, 0.4) is 0 Å². The van der Waals surface area contributed by atoms with Crippen LogP contribution in [0.1, 0.15) is 37.8 Å². The summed E-state index contributed by atoms with van der Waals surface area (Å²) in [6.45, 7) is 8.78. The van der Waals surface area contributed by atoms with E-state index in [2.05, 4.69) is 75.6 Å². The molecule has 3 rings (SSSR count). The number of hydrogen-bond acceptors (Lipinski definition) is 4. The molecule has 29 heavy (non-hydrogen) atoms. The third-order valence-corrected chi connectivity index (χ3v) is 6.89. The summed E-state index contributed by atoms with van der Waals surface area (Å²) in [7, 11) is 1.71. The molecule has 0 spiro atoms. The van der Waals surface area contributed by atoms with Crippen molar-refractivity contribution in [1.29, 1.82) is 0 Å². The molecule has 0 amide bonds. The van der Waals surface area contributed by atoms with Crippen molar-refractivity contribution in [2.45, 2.75) is 50.2 Å². The van der Waals surface area contributed by atoms with Gasteiger partial charge in [0, 0.05) is 9.64 Å². The van der Waals surface area contributed by atoms with Gasteiger partial charge in [-0.3, -0.25) is 0 Å². The summed E-state index contributed by atoms with van der Waals surface area (Å²) in [5.41, 5.74) is 4.64. The Kier molecular flexibility index (Phi) is 7.31. The van der Waals surface area contributed by atoms with E-state index in [1.54, 1.807) is 18.9 Å². The summed E-state index contributed by atoms with van der Waals surface area (Å²) in [5, 5.41) is 3.24. The largest absolute Gasteiger partial charge is 0.494 e. The summed E-state index contributed by atoms with van der Waals surface area (Å²) in [6.07, 6.45) is 6.53. The Morgan fingerprint density at radius 3 is 2.66 bits per heavy atom. The van der Waals surface area contributed by atoms with Crippen molar-refractivity contribution < 1.29 is 4.74 Å². The normalized spacial score (nSPS) is 19.2. The number of rotatable bonds is 5. The smallest absolute Gasteiger partial charge is 0.144 e. The first-order valence-electron chi connectivity index (χ1n) is 9.88. The van der Waals surface area contributed by atoms with Gasteiger partial charge in [0.15, 0.2) is 0 Å². The maximum Gasteiger partial charge on any atom is 0.144 e. The van der Waals surface area contributed by atoms with E-state index in [0.717, 1.165) is 29.3 Å². The minimum atomic E-state index is 0.189. The molecule has 2 nitrogen and oxygen atoms in total. The van der Waals surface area contributed by atoms with E-state index in [0.29, 0.717) is 0 Å². The number of allylic oxidation sites excluding steroid dienone is 2. The van der Waals surface area contributed by atoms with Gasteiger partial charge in [0.2, 0.25) is 0 Å². The fraction of sp³-hybridized carbons (Fsp3) is 0.320. The van der Waals surface area contributed by atoms with Crippen LogP contribution in [0.2, 0.25) is 0 Å². The van der Waals surface area contributed by atoms with E-state index in [9.17, 15) is 0 Å². The van der Waals surface area contributed by atoms with E-state index >= 15 is 0 Å². The summed E-state index contributed by atoms with van der Waals surface area (Å²) in [6, 6.07) is 14.7. The lowest BCUT2D eigenvalue weighted by Gasteiger charge is -2.31. The van der Waals surface area contributed by atoms with Gasteiger partial charge >= 0.3 is 0 Å². The van der Waals surface area contributed by atoms with Gasteiger partial charge < -0.3 is 4.74 Å². The highest BCUT2D eigenvalue weighted by molar-refractivity contribution is 8.15. The first kappa shape index (κ1) is 21.8. The molecule has 0 radical (unpaired) electrons. The number of methoxy groups -OCH3 is 1. The Labute approximate surface area is 183 Å². The highest BCUT2D eigenvalue weighted by Gasteiger charge is 2.29. The van der Waals surface area contributed by atoms with Crippen molar-refractivity contribution in [2.75, 3.05) is 7.11 Å². The molecular formula is C25H29NOS2. The highest BCUT2D eigenvalue weighted by atomic mass is 32.2. The number of ether oxygens (including phenoxy) is 1. The van der Waals surface area contributed by atoms with Crippen LogP contribution in [0.25, 0.3) is 0 Å². The topological polar surface area (TPSA) is 21.6 Å². The first-order chi connectivity index (χ1) is 13.9. The molecule has 0 aromatic heterocycles. The molecule has 0 aliphatic carbocycles. The maximum atomic E-state index is 5.56. The molecule has 0 N–H and O–H groups in total. The summed E-state index contributed by atoms with van der Waals surface area (Å²) >= 11 is 3.60. The van der Waals surface area contributed by atoms with Crippen molar-refractivity contribution >= 4 is 34.3 Å². The Hall–Kier alpha value is -1.91. The fourth-order valence-electron chi connectivity index (χ4n) is 3.12. The second kappa shape index (κ2) is 9.73. The molecule has 0 bridgehead atoms. The molecule has 1 aliphatic heterocycles. The van der Waals surface area contributed by atoms with Gasteiger partial charge in [-0.25, -0.2) is 4.99 Å². The Balaban J connectivity index is 1.84. The number of nitrogens with zero attached hydrogens (tertiary/aromatic N) is 1. The number of aryl methyl sites for hydroxylation is 2. The average molecular weight is 424 g/mol. The monoisotopic (exact) mass is 423 g/mol. The predicted octanol–water partition coefficient (Wildman–Crippen LogP) is 7.88. The highest BCUT2D eigenvalue weighted by Crippen LogP contribution is 2.42. The number of aliphatic imine (C=N–C) groups is 1. The molecule has 1 saturated heterocycles. The molecule has 1 heterocycles. The van der Waals surface area contributed by atoms with Crippen molar-refractivity contribution in [3.8, 4) is 5.75 Å². The molecule has 1 aliphatic rings. The van der Waals surface area contributed by atoms with Gasteiger partial charge in [-0.05, 0) is 67.5 Å². The van der Waals surface area contributed by atoms with Crippen molar-refractivity contribution in [3.05, 3.63) is 76.7 Å². The van der Waals surface area contributed by atoms with E-state index in [4.69, 9.17) is 9.73 Å². The van der Waals surface area contributed by atoms with Crippen LogP contribution in [0.5, 0.6) is 5.75 Å². The zero-order chi connectivity index (χ0) is 20.9. The van der Waals surface area contributed by atoms with E-state index < -0.39 is 0 Å². The molecule has 2 aromatic rings. The fourth-order valence-corrected chi connectivity index (χ4v) is 5.02. The summed E-state index contributed by atoms with van der Waals surface area (Å²) < 4.78 is 5.75. The van der Waals surface area contributed by atoms with Gasteiger partial charge in [-0.1, -0.05) is 73.3 Å². The molecule has 0 saturated carbocycles. The van der Waals surface area contributed by atoms with Crippen molar-refractivity contribution in [2.24, 2.45) is 4.99 Å². The lowest BCUT2D eigenvalue weighted by molar-refractivity contribution is 0.416. The second-order valence-corrected chi connectivity index (χ2v) is 10.6. The quantitative estimate of drug-likeness (QED) is 0.456. The van der Waals surface area contributed by atoms with E-state index in [1.165, 1.54) is 21.6 Å². The van der Waals surface area contributed by atoms with Crippen LogP contribution in [-0.2, 0) is 0 Å². The van der Waals surface area contributed by atoms with Crippen LogP contribution < -0.4 is 4.74 Å². The van der Waals surface area contributed by atoms with Gasteiger partial charge in [0.25, 0.3) is 0 Å². The lowest BCUT2D eigenvalue weighted by atomic mass is 10.0. The van der Waals surface area contributed by atoms with Gasteiger partial charge in [0.05, 0.1) is 7.11 Å². The summed E-state index contributed by atoms with van der Waals surface area (Å²) in [5.74, 6) is 0.825. The number of thioether (sulfide) groups is 2. The van der Waals surface area contributed by atoms with Gasteiger partial charge in [-0.2, -0.15) is 0 Å². The standard InChI is InChI=1S/C25H29NOS2/c1-18-8-6-10-21(16-18)28-15-7-9-20-13-14-25(3,4)29-24(20)26-22-12-11-19(2)17-23(22)27-5/h6-12,15-17H,13-14H2,1-5H3/b15-7-,20-9?,26-24?. The zero-order valence-corrected chi connectivity index (χ0v) is 19.5. The molecule has 2 aromatic carbocycles. The predicted molar refractivity (Wildman–Crippen MR) is 130 cm³/mol. The zero-order valence-electron chi connectivity index (χ0n) is 17.9. The molecule has 1 fully saturated rings. The van der Waals surface area contributed by atoms with E-state index in [-0.39, 0.29) is 4.75 Å². The van der Waals surface area contributed by atoms with Crippen LogP contribution in [0, 0.1) is 13.8 Å². The third-order valence-electron chi connectivity index (χ3n) is 4.77. The van der Waals surface area contributed by atoms with Crippen LogP contribution in [0.15, 0.2) is 75.5 Å². The van der Waals surface area contributed by atoms with Gasteiger partial charge in [-0.15, -0.1) is 0 Å². The number of hydrogen-bond donors (Lipinski definition) is 0. The van der Waals surface area contributed by atoms with Crippen LogP contribution >= 0.6 is 23.5 Å². The maximum absolute atomic E-state index is 5.56. The minimum Gasteiger partial charge on any atom is -0.494 e. The molecule has 4 heteroatoms. The molecule has 152 valence electrons. The Morgan fingerprint density at radius 1 is 1.10 bits per heavy atom. The molecule has 0 atom stereocenters. The molecular weight excluding hydrogens is 394 g/mol. The SMILES string of the molecule is COc1cc(C)ccc1N=C1SC(C)(C)CCC1=C/C=C\Sc1cccc(C)c1. The van der Waals surface area contributed by atoms with Crippen LogP contribution in [-0.4, -0.2) is 16.9 Å². The van der Waals surface area contributed by atoms with Gasteiger partial charge in [0.1, 0.15) is 16.5 Å². The van der Waals surface area contributed by atoms with E-state index in [1.807, 2.05) is 23.9 Å². The van der Waals surface area contributed by atoms with Crippen LogP contribution in [0.4, 0.5) is 5.69 Å².